The molecule has 4 aliphatic rings. The number of amides is 1. The SMILES string of the molecule is O=C(N[C@@H](Cc1ccccc1)[C@H](O)CN1CCCCCCCOCc2cc3oc(-c4nccs4)cc3cc2S1(=O)=O)O[C@H]1C2CO[C@H]3OC[C@@H]1C3C2. The number of aromatic nitrogens is 1. The number of nitrogens with zero attached hydrogens (tertiary/aromatic N) is 2. The lowest BCUT2D eigenvalue weighted by Gasteiger charge is -2.31. The molecule has 5 heterocycles. The van der Waals surface area contributed by atoms with Gasteiger partial charge in [-0.05, 0) is 49.4 Å². The summed E-state index contributed by atoms with van der Waals surface area (Å²) in [6.45, 7) is 1.56. The van der Waals surface area contributed by atoms with Crippen LogP contribution in [-0.2, 0) is 42.0 Å². The molecule has 2 aromatic carbocycles. The molecule has 2 aromatic heterocycles. The Morgan fingerprint density at radius 3 is 2.73 bits per heavy atom. The Morgan fingerprint density at radius 2 is 1.88 bits per heavy atom. The molecule has 7 atom stereocenters. The number of carbonyl (C=O) groups is 1. The molecule has 2 N–H and O–H groups in total. The Balaban J connectivity index is 1.07. The number of ether oxygens (including phenoxy) is 4. The maximum Gasteiger partial charge on any atom is 0.407 e. The maximum absolute atomic E-state index is 14.7. The van der Waals surface area contributed by atoms with E-state index in [1.807, 2.05) is 35.7 Å². The highest BCUT2D eigenvalue weighted by Gasteiger charge is 2.56. The van der Waals surface area contributed by atoms with Crippen LogP contribution in [0.15, 0.2) is 69.4 Å². The van der Waals surface area contributed by atoms with Crippen molar-refractivity contribution in [3.8, 4) is 10.8 Å². The van der Waals surface area contributed by atoms with Crippen molar-refractivity contribution in [1.82, 2.24) is 14.6 Å². The number of hydrogen-bond donors (Lipinski definition) is 2. The van der Waals surface area contributed by atoms with Crippen LogP contribution in [0.1, 0.15) is 49.7 Å². The number of furan rings is 1. The fourth-order valence-corrected chi connectivity index (χ4v) is 10.5. The molecular weight excluding hydrogens is 707 g/mol. The first-order valence-corrected chi connectivity index (χ1v) is 20.6. The van der Waals surface area contributed by atoms with Gasteiger partial charge in [0.1, 0.15) is 11.7 Å². The van der Waals surface area contributed by atoms with E-state index in [2.05, 4.69) is 10.3 Å². The Labute approximate surface area is 307 Å². The van der Waals surface area contributed by atoms with Crippen LogP contribution < -0.4 is 5.32 Å². The van der Waals surface area contributed by atoms with Gasteiger partial charge in [0.15, 0.2) is 17.1 Å². The van der Waals surface area contributed by atoms with Crippen LogP contribution in [0.25, 0.3) is 21.7 Å². The summed E-state index contributed by atoms with van der Waals surface area (Å²) in [6, 6.07) is 13.9. The van der Waals surface area contributed by atoms with Crippen molar-refractivity contribution in [3.63, 3.8) is 0 Å². The van der Waals surface area contributed by atoms with E-state index in [0.717, 1.165) is 37.7 Å². The number of rotatable bonds is 8. The predicted octanol–water partition coefficient (Wildman–Crippen LogP) is 5.73. The summed E-state index contributed by atoms with van der Waals surface area (Å²) in [5, 5.41) is 18.0. The topological polar surface area (TPSA) is 150 Å². The van der Waals surface area contributed by atoms with Gasteiger partial charge < -0.3 is 33.8 Å². The maximum atomic E-state index is 14.7. The molecule has 2 unspecified atom stereocenters. The molecule has 12 nitrogen and oxygen atoms in total. The third kappa shape index (κ3) is 7.52. The van der Waals surface area contributed by atoms with Gasteiger partial charge in [-0.25, -0.2) is 18.2 Å². The van der Waals surface area contributed by atoms with Crippen LogP contribution in [0.4, 0.5) is 4.79 Å². The van der Waals surface area contributed by atoms with E-state index in [1.54, 1.807) is 24.4 Å². The second kappa shape index (κ2) is 15.5. The number of alkyl carbamates (subject to hydrolysis) is 1. The number of benzene rings is 2. The normalized spacial score (nSPS) is 27.5. The van der Waals surface area contributed by atoms with Gasteiger partial charge in [0.2, 0.25) is 10.0 Å². The minimum absolute atomic E-state index is 0.0702. The van der Waals surface area contributed by atoms with E-state index in [1.165, 1.54) is 15.6 Å². The number of carbonyl (C=O) groups excluding carboxylic acids is 1. The number of β-amino-alcohol motifs (C(OH)–C–C–N with tert-alkyl or cyclic N) is 1. The van der Waals surface area contributed by atoms with Crippen molar-refractivity contribution in [2.24, 2.45) is 17.8 Å². The minimum atomic E-state index is -4.16. The molecule has 1 aliphatic carbocycles. The number of aliphatic hydroxyl groups is 1. The molecule has 4 aromatic rings. The highest BCUT2D eigenvalue weighted by atomic mass is 32.2. The zero-order valence-electron chi connectivity index (χ0n) is 28.9. The zero-order valence-corrected chi connectivity index (χ0v) is 30.6. The third-order valence-electron chi connectivity index (χ3n) is 10.9. The molecule has 1 amide bonds. The first-order chi connectivity index (χ1) is 25.3. The highest BCUT2D eigenvalue weighted by molar-refractivity contribution is 7.89. The van der Waals surface area contributed by atoms with Crippen LogP contribution in [0.2, 0.25) is 0 Å². The number of hydrogen-bond acceptors (Lipinski definition) is 11. The van der Waals surface area contributed by atoms with Gasteiger partial charge in [-0.3, -0.25) is 0 Å². The number of sulfonamides is 1. The summed E-state index contributed by atoms with van der Waals surface area (Å²) in [7, 11) is -4.16. The summed E-state index contributed by atoms with van der Waals surface area (Å²) in [5.41, 5.74) is 1.91. The van der Waals surface area contributed by atoms with Gasteiger partial charge in [-0.15, -0.1) is 11.3 Å². The van der Waals surface area contributed by atoms with Crippen molar-refractivity contribution in [1.29, 1.82) is 0 Å². The van der Waals surface area contributed by atoms with Gasteiger partial charge in [-0.2, -0.15) is 4.31 Å². The van der Waals surface area contributed by atoms with E-state index < -0.39 is 28.3 Å². The number of aliphatic hydroxyl groups excluding tert-OH is 1. The summed E-state index contributed by atoms with van der Waals surface area (Å²) < 4.78 is 60.6. The van der Waals surface area contributed by atoms with Crippen LogP contribution in [-0.4, -0.2) is 86.4 Å². The molecule has 0 radical (unpaired) electrons. The van der Waals surface area contributed by atoms with Crippen LogP contribution in [0, 0.1) is 17.8 Å². The second-order valence-electron chi connectivity index (χ2n) is 14.4. The average molecular weight is 752 g/mol. The van der Waals surface area contributed by atoms with Gasteiger partial charge >= 0.3 is 6.09 Å². The molecule has 2 bridgehead atoms. The molecule has 3 fully saturated rings. The Kier molecular flexibility index (Phi) is 10.7. The van der Waals surface area contributed by atoms with E-state index in [-0.39, 0.29) is 61.2 Å². The fraction of sp³-hybridized carbons (Fsp3) is 0.526. The highest BCUT2D eigenvalue weighted by Crippen LogP contribution is 2.49. The summed E-state index contributed by atoms with van der Waals surface area (Å²) in [6.07, 6.45) is 4.65. The Bertz CT molecular complexity index is 1940. The summed E-state index contributed by atoms with van der Waals surface area (Å²) in [4.78, 5) is 18.0. The first-order valence-electron chi connectivity index (χ1n) is 18.3. The first kappa shape index (κ1) is 35.6. The molecule has 278 valence electrons. The summed E-state index contributed by atoms with van der Waals surface area (Å²) >= 11 is 1.44. The smallest absolute Gasteiger partial charge is 0.407 e. The number of nitrogens with one attached hydrogen (secondary N) is 1. The van der Waals surface area contributed by atoms with Gasteiger partial charge in [0.25, 0.3) is 0 Å². The lowest BCUT2D eigenvalue weighted by atomic mass is 9.98. The quantitative estimate of drug-likeness (QED) is 0.229. The lowest BCUT2D eigenvalue weighted by Crippen LogP contribution is -2.51. The predicted molar refractivity (Wildman–Crippen MR) is 193 cm³/mol. The lowest BCUT2D eigenvalue weighted by molar-refractivity contribution is -0.169. The van der Waals surface area contributed by atoms with Gasteiger partial charge in [0, 0.05) is 60.0 Å². The Hall–Kier alpha value is -3.37. The molecule has 0 spiro atoms. The van der Waals surface area contributed by atoms with Crippen molar-refractivity contribution < 1.29 is 41.7 Å². The van der Waals surface area contributed by atoms with E-state index in [9.17, 15) is 18.3 Å². The monoisotopic (exact) mass is 751 g/mol. The van der Waals surface area contributed by atoms with Gasteiger partial charge in [-0.1, -0.05) is 49.6 Å². The largest absolute Gasteiger partial charge is 0.454 e. The molecule has 2 saturated heterocycles. The van der Waals surface area contributed by atoms with Crippen LogP contribution in [0.3, 0.4) is 0 Å². The number of thiazole rings is 1. The fourth-order valence-electron chi connectivity index (χ4n) is 8.21. The van der Waals surface area contributed by atoms with E-state index in [0.29, 0.717) is 53.5 Å². The second-order valence-corrected chi connectivity index (χ2v) is 17.2. The standard InChI is InChI=1S/C38H45N3O9S2/c42-31(30(15-24-9-5-4-6-10-24)40-38(43)50-35-27-16-28-29(35)23-48-37(28)47-22-27)20-41-12-7-2-1-3-8-13-46-21-26-18-32-25(19-34(26)52(41,44)45)17-33(49-32)36-39-11-14-51-36/h4-6,9-11,14,17-19,27-31,35,37,42H,1-3,7-8,12-13,15-16,20-23H2,(H,40,43)/t27?,28?,29-,30+,31-,35+,37+/m1/s1. The summed E-state index contributed by atoms with van der Waals surface area (Å²) in [5.74, 6) is 0.934. The molecule has 3 aliphatic heterocycles. The van der Waals surface area contributed by atoms with E-state index >= 15 is 0 Å². The molecular formula is C38H45N3O9S2. The van der Waals surface area contributed by atoms with Gasteiger partial charge in [0.05, 0.1) is 36.9 Å². The van der Waals surface area contributed by atoms with Crippen molar-refractivity contribution >= 4 is 38.4 Å². The van der Waals surface area contributed by atoms with Crippen LogP contribution >= 0.6 is 11.3 Å². The number of fused-ring (bicyclic) bond motifs is 3. The van der Waals surface area contributed by atoms with Crippen molar-refractivity contribution in [2.75, 3.05) is 32.9 Å². The Morgan fingerprint density at radius 1 is 1.06 bits per heavy atom. The molecule has 14 heteroatoms. The minimum Gasteiger partial charge on any atom is -0.454 e. The van der Waals surface area contributed by atoms with Crippen molar-refractivity contribution in [2.45, 2.75) is 81.0 Å². The van der Waals surface area contributed by atoms with E-state index in [4.69, 9.17) is 23.4 Å². The molecule has 1 saturated carbocycles. The molecule has 52 heavy (non-hydrogen) atoms. The van der Waals surface area contributed by atoms with Crippen molar-refractivity contribution in [3.05, 3.63) is 71.2 Å². The average Bonchev–Trinajstić information content (AvgIpc) is 3.94. The molecule has 8 rings (SSSR count). The van der Waals surface area contributed by atoms with Crippen LogP contribution in [0.5, 0.6) is 0 Å². The third-order valence-corrected chi connectivity index (χ3v) is 13.6. The zero-order chi connectivity index (χ0) is 35.7.